The van der Waals surface area contributed by atoms with Crippen LogP contribution in [0.25, 0.3) is 121 Å². The lowest BCUT2D eigenvalue weighted by Crippen LogP contribution is -2.02. The first-order valence-corrected chi connectivity index (χ1v) is 21.0. The number of nitrogens with zero attached hydrogens (tertiary/aromatic N) is 5. The molecule has 0 aliphatic rings. The quantitative estimate of drug-likeness (QED) is 0.174. The van der Waals surface area contributed by atoms with Crippen LogP contribution in [0.5, 0.6) is 0 Å². The maximum absolute atomic E-state index is 5.23. The summed E-state index contributed by atoms with van der Waals surface area (Å²) in [5, 5.41) is 11.9. The Morgan fingerprint density at radius 3 is 1.71 bits per heavy atom. The fourth-order valence-corrected chi connectivity index (χ4v) is 9.71. The van der Waals surface area contributed by atoms with Crippen molar-refractivity contribution in [2.75, 3.05) is 0 Å². The van der Waals surface area contributed by atoms with E-state index in [1.165, 1.54) is 48.7 Å². The van der Waals surface area contributed by atoms with Crippen LogP contribution in [0, 0.1) is 0 Å². The lowest BCUT2D eigenvalue weighted by molar-refractivity contribution is 1.08. The Kier molecular flexibility index (Phi) is 7.54. The van der Waals surface area contributed by atoms with Crippen molar-refractivity contribution < 1.29 is 0 Å². The molecule has 0 saturated heterocycles. The molecule has 0 bridgehead atoms. The molecule has 0 saturated carbocycles. The maximum atomic E-state index is 5.23. The third-order valence-corrected chi connectivity index (χ3v) is 12.5. The van der Waals surface area contributed by atoms with Gasteiger partial charge in [0.05, 0.1) is 27.8 Å². The van der Waals surface area contributed by atoms with Crippen molar-refractivity contribution in [3.63, 3.8) is 0 Å². The highest BCUT2D eigenvalue weighted by atomic mass is 15.0. The Morgan fingerprint density at radius 1 is 0.290 bits per heavy atom. The zero-order valence-electron chi connectivity index (χ0n) is 33.4. The minimum absolute atomic E-state index is 0.634. The molecule has 3 aromatic heterocycles. The normalized spacial score (nSPS) is 11.9. The third kappa shape index (κ3) is 5.25. The second kappa shape index (κ2) is 13.6. The summed E-state index contributed by atoms with van der Waals surface area (Å²) < 4.78 is 4.88. The van der Waals surface area contributed by atoms with E-state index >= 15 is 0 Å². The van der Waals surface area contributed by atoms with E-state index in [4.69, 9.17) is 15.0 Å². The summed E-state index contributed by atoms with van der Waals surface area (Å²) in [5.41, 5.74) is 9.76. The Bertz CT molecular complexity index is 3920. The van der Waals surface area contributed by atoms with Gasteiger partial charge in [-0.3, -0.25) is 0 Å². The largest absolute Gasteiger partial charge is 0.309 e. The molecule has 288 valence electrons. The SMILES string of the molecule is c1ccc(-c2nc(-c3ccc4ccccc4c3)nc(-c3ccc(-n4c5ccccc5c5cc6c(cc54)c4c5ccccc5ccc4n6-c4ccccc4)c4ccccc34)n2)cc1. The molecule has 5 nitrogen and oxygen atoms in total. The van der Waals surface area contributed by atoms with Gasteiger partial charge in [-0.25, -0.2) is 15.0 Å². The van der Waals surface area contributed by atoms with E-state index in [0.717, 1.165) is 55.3 Å². The van der Waals surface area contributed by atoms with Gasteiger partial charge in [0.25, 0.3) is 0 Å². The fourth-order valence-electron chi connectivity index (χ4n) is 9.71. The van der Waals surface area contributed by atoms with Crippen LogP contribution in [-0.4, -0.2) is 24.1 Å². The molecule has 0 N–H and O–H groups in total. The molecule has 0 aliphatic carbocycles. The molecule has 0 unspecified atom stereocenters. The zero-order valence-corrected chi connectivity index (χ0v) is 33.4. The standard InChI is InChI=1S/C57H35N5/c1-3-17-38(18-4-1)55-58-56(40-28-27-36-15-7-8-19-39(36)33-40)60-57(59-55)46-30-32-50(44-24-12-11-23-43(44)46)62-49-26-14-13-25-45(49)47-34-53-48(35-52(47)62)54-42-22-10-9-16-37(42)29-31-51(54)61(53)41-20-5-2-6-21-41/h1-35H. The van der Waals surface area contributed by atoms with Gasteiger partial charge >= 0.3 is 0 Å². The average Bonchev–Trinajstić information content (AvgIpc) is 3.85. The molecule has 10 aromatic carbocycles. The van der Waals surface area contributed by atoms with E-state index in [-0.39, 0.29) is 0 Å². The van der Waals surface area contributed by atoms with Gasteiger partial charge in [-0.15, -0.1) is 0 Å². The lowest BCUT2D eigenvalue weighted by Gasteiger charge is -2.15. The number of benzene rings is 10. The van der Waals surface area contributed by atoms with Crippen molar-refractivity contribution in [1.29, 1.82) is 0 Å². The molecule has 5 heteroatoms. The Morgan fingerprint density at radius 2 is 0.887 bits per heavy atom. The molecule has 62 heavy (non-hydrogen) atoms. The van der Waals surface area contributed by atoms with Crippen LogP contribution < -0.4 is 0 Å². The number of hydrogen-bond donors (Lipinski definition) is 0. The smallest absolute Gasteiger partial charge is 0.164 e. The zero-order chi connectivity index (χ0) is 40.7. The minimum Gasteiger partial charge on any atom is -0.309 e. The molecular formula is C57H35N5. The van der Waals surface area contributed by atoms with Crippen molar-refractivity contribution in [1.82, 2.24) is 24.1 Å². The molecule has 13 aromatic rings. The first-order chi connectivity index (χ1) is 30.7. The van der Waals surface area contributed by atoms with Crippen LogP contribution in [-0.2, 0) is 0 Å². The van der Waals surface area contributed by atoms with Gasteiger partial charge in [0, 0.05) is 49.3 Å². The minimum atomic E-state index is 0.634. The highest BCUT2D eigenvalue weighted by Crippen LogP contribution is 2.43. The van der Waals surface area contributed by atoms with Gasteiger partial charge in [-0.2, -0.15) is 0 Å². The molecule has 0 amide bonds. The van der Waals surface area contributed by atoms with E-state index in [1.807, 2.05) is 18.2 Å². The Labute approximate surface area is 356 Å². The van der Waals surface area contributed by atoms with E-state index in [2.05, 4.69) is 203 Å². The van der Waals surface area contributed by atoms with Crippen LogP contribution in [0.3, 0.4) is 0 Å². The predicted molar refractivity (Wildman–Crippen MR) is 257 cm³/mol. The number of aromatic nitrogens is 5. The van der Waals surface area contributed by atoms with Gasteiger partial charge in [0.15, 0.2) is 17.5 Å². The van der Waals surface area contributed by atoms with Gasteiger partial charge in [0.2, 0.25) is 0 Å². The monoisotopic (exact) mass is 789 g/mol. The van der Waals surface area contributed by atoms with Crippen molar-refractivity contribution >= 4 is 75.9 Å². The molecule has 0 atom stereocenters. The number of fused-ring (bicyclic) bond motifs is 10. The van der Waals surface area contributed by atoms with Gasteiger partial charge < -0.3 is 9.13 Å². The summed E-state index contributed by atoms with van der Waals surface area (Å²) in [6.45, 7) is 0. The summed E-state index contributed by atoms with van der Waals surface area (Å²) in [6, 6.07) is 75.8. The molecule has 3 heterocycles. The number of para-hydroxylation sites is 2. The van der Waals surface area contributed by atoms with E-state index in [0.29, 0.717) is 17.5 Å². The Balaban J connectivity index is 1.07. The molecule has 0 spiro atoms. The number of hydrogen-bond acceptors (Lipinski definition) is 3. The molecule has 0 fully saturated rings. The van der Waals surface area contributed by atoms with E-state index in [1.54, 1.807) is 0 Å². The summed E-state index contributed by atoms with van der Waals surface area (Å²) >= 11 is 0. The lowest BCUT2D eigenvalue weighted by atomic mass is 10.0. The predicted octanol–water partition coefficient (Wildman–Crippen LogP) is 14.5. The summed E-state index contributed by atoms with van der Waals surface area (Å²) in [6.07, 6.45) is 0. The highest BCUT2D eigenvalue weighted by Gasteiger charge is 2.22. The molecule has 13 rings (SSSR count). The molecule has 0 aliphatic heterocycles. The van der Waals surface area contributed by atoms with Crippen molar-refractivity contribution in [2.24, 2.45) is 0 Å². The van der Waals surface area contributed by atoms with Crippen molar-refractivity contribution in [2.45, 2.75) is 0 Å². The van der Waals surface area contributed by atoms with Crippen molar-refractivity contribution in [3.05, 3.63) is 212 Å². The van der Waals surface area contributed by atoms with Gasteiger partial charge in [-0.05, 0) is 81.5 Å². The van der Waals surface area contributed by atoms with Gasteiger partial charge in [0.1, 0.15) is 0 Å². The second-order valence-electron chi connectivity index (χ2n) is 16.0. The van der Waals surface area contributed by atoms with Crippen LogP contribution in [0.4, 0.5) is 0 Å². The van der Waals surface area contributed by atoms with Crippen LogP contribution in [0.15, 0.2) is 212 Å². The first-order valence-electron chi connectivity index (χ1n) is 21.0. The van der Waals surface area contributed by atoms with Gasteiger partial charge in [-0.1, -0.05) is 158 Å². The summed E-state index contributed by atoms with van der Waals surface area (Å²) in [7, 11) is 0. The summed E-state index contributed by atoms with van der Waals surface area (Å²) in [5.74, 6) is 1.91. The van der Waals surface area contributed by atoms with E-state index in [9.17, 15) is 0 Å². The third-order valence-electron chi connectivity index (χ3n) is 12.5. The fraction of sp³-hybridized carbons (Fsp3) is 0. The Hall–Kier alpha value is -8.41. The van der Waals surface area contributed by atoms with Crippen LogP contribution in [0.2, 0.25) is 0 Å². The van der Waals surface area contributed by atoms with E-state index < -0.39 is 0 Å². The second-order valence-corrected chi connectivity index (χ2v) is 16.0. The molecule has 0 radical (unpaired) electrons. The average molecular weight is 790 g/mol. The van der Waals surface area contributed by atoms with Crippen LogP contribution in [0.1, 0.15) is 0 Å². The first kappa shape index (κ1) is 34.5. The topological polar surface area (TPSA) is 48.5 Å². The highest BCUT2D eigenvalue weighted by molar-refractivity contribution is 6.25. The summed E-state index contributed by atoms with van der Waals surface area (Å²) in [4.78, 5) is 15.5. The van der Waals surface area contributed by atoms with Crippen LogP contribution >= 0.6 is 0 Å². The number of rotatable bonds is 5. The maximum Gasteiger partial charge on any atom is 0.164 e. The molecular weight excluding hydrogens is 755 g/mol. The van der Waals surface area contributed by atoms with Crippen molar-refractivity contribution in [3.8, 4) is 45.5 Å².